The molecule has 1 aliphatic heterocycles. The second-order valence-electron chi connectivity index (χ2n) is 7.79. The first-order valence-corrected chi connectivity index (χ1v) is 10.6. The number of hydrogen-bond donors (Lipinski definition) is 1. The van der Waals surface area contributed by atoms with E-state index < -0.39 is 0 Å². The molecule has 6 rings (SSSR count). The third kappa shape index (κ3) is 3.61. The lowest BCUT2D eigenvalue weighted by atomic mass is 10.2. The average Bonchev–Trinajstić information content (AvgIpc) is 3.62. The Hall–Kier alpha value is -4.12. The van der Waals surface area contributed by atoms with Gasteiger partial charge in [-0.3, -0.25) is 9.67 Å². The normalized spacial score (nSPS) is 16.0. The summed E-state index contributed by atoms with van der Waals surface area (Å²) in [5.41, 5.74) is 4.76. The molecular weight excluding hydrogens is 422 g/mol. The number of hydrogen-bond acceptors (Lipinski definition) is 9. The summed E-state index contributed by atoms with van der Waals surface area (Å²) in [7, 11) is 1.61. The third-order valence-corrected chi connectivity index (χ3v) is 5.73. The van der Waals surface area contributed by atoms with Crippen molar-refractivity contribution in [3.05, 3.63) is 54.9 Å². The number of rotatable bonds is 6. The number of nitrogens with one attached hydrogen (secondary N) is 1. The maximum absolute atomic E-state index is 5.47. The quantitative estimate of drug-likeness (QED) is 0.422. The maximum atomic E-state index is 5.47. The molecule has 1 aliphatic rings. The Labute approximate surface area is 188 Å². The monoisotopic (exact) mass is 443 g/mol. The van der Waals surface area contributed by atoms with Crippen molar-refractivity contribution in [1.29, 1.82) is 0 Å². The lowest BCUT2D eigenvalue weighted by molar-refractivity contribution is 0.184. The van der Waals surface area contributed by atoms with E-state index in [0.717, 1.165) is 41.0 Å². The first-order chi connectivity index (χ1) is 16.3. The van der Waals surface area contributed by atoms with Crippen molar-refractivity contribution in [1.82, 2.24) is 39.6 Å². The minimum Gasteiger partial charge on any atom is -0.495 e. The molecule has 0 amide bonds. The molecule has 5 aromatic rings. The van der Waals surface area contributed by atoms with Crippen LogP contribution in [0.25, 0.3) is 27.9 Å². The van der Waals surface area contributed by atoms with Crippen molar-refractivity contribution in [3.8, 4) is 17.0 Å². The lowest BCUT2D eigenvalue weighted by Gasteiger charge is -2.09. The van der Waals surface area contributed by atoms with Gasteiger partial charge in [0.1, 0.15) is 11.3 Å². The average molecular weight is 443 g/mol. The SMILES string of the molecule is COc1cnc2c(NCc3nnc4ccc(-c5cnn(C6CCOC6)c5)nn34)ccnc2c1. The molecule has 0 aliphatic carbocycles. The molecule has 1 N–H and O–H groups in total. The summed E-state index contributed by atoms with van der Waals surface area (Å²) in [5.74, 6) is 1.35. The Bertz CT molecular complexity index is 1440. The summed E-state index contributed by atoms with van der Waals surface area (Å²) >= 11 is 0. The Morgan fingerprint density at radius 2 is 2.15 bits per heavy atom. The van der Waals surface area contributed by atoms with Gasteiger partial charge in [-0.25, -0.2) is 4.98 Å². The predicted molar refractivity (Wildman–Crippen MR) is 120 cm³/mol. The molecule has 1 saturated heterocycles. The molecular formula is C22H21N9O2. The van der Waals surface area contributed by atoms with Crippen LogP contribution in [0.4, 0.5) is 5.69 Å². The summed E-state index contributed by atoms with van der Waals surface area (Å²) in [4.78, 5) is 8.85. The molecule has 33 heavy (non-hydrogen) atoms. The fourth-order valence-electron chi connectivity index (χ4n) is 3.94. The van der Waals surface area contributed by atoms with E-state index in [2.05, 4.69) is 30.6 Å². The molecule has 1 unspecified atom stereocenters. The zero-order valence-corrected chi connectivity index (χ0v) is 17.9. The van der Waals surface area contributed by atoms with Crippen molar-refractivity contribution < 1.29 is 9.47 Å². The Morgan fingerprint density at radius 3 is 3.03 bits per heavy atom. The van der Waals surface area contributed by atoms with Crippen LogP contribution in [-0.2, 0) is 11.3 Å². The van der Waals surface area contributed by atoms with E-state index in [-0.39, 0.29) is 6.04 Å². The molecule has 1 atom stereocenters. The molecule has 0 spiro atoms. The zero-order valence-electron chi connectivity index (χ0n) is 17.9. The molecule has 1 fully saturated rings. The number of fused-ring (bicyclic) bond motifs is 2. The summed E-state index contributed by atoms with van der Waals surface area (Å²) in [5, 5.41) is 21.2. The number of pyridine rings is 2. The fraction of sp³-hybridized carbons (Fsp3) is 0.273. The van der Waals surface area contributed by atoms with Crippen LogP contribution in [0.3, 0.4) is 0 Å². The molecule has 5 aromatic heterocycles. The lowest BCUT2D eigenvalue weighted by Crippen LogP contribution is -2.08. The topological polar surface area (TPSA) is 117 Å². The predicted octanol–water partition coefficient (Wildman–Crippen LogP) is 2.51. The highest BCUT2D eigenvalue weighted by Crippen LogP contribution is 2.24. The third-order valence-electron chi connectivity index (χ3n) is 5.73. The number of nitrogens with zero attached hydrogens (tertiary/aromatic N) is 8. The van der Waals surface area contributed by atoms with Gasteiger partial charge < -0.3 is 14.8 Å². The Morgan fingerprint density at radius 1 is 1.18 bits per heavy atom. The fourth-order valence-corrected chi connectivity index (χ4v) is 3.94. The van der Waals surface area contributed by atoms with Crippen molar-refractivity contribution in [2.75, 3.05) is 25.6 Å². The highest BCUT2D eigenvalue weighted by Gasteiger charge is 2.19. The molecule has 11 nitrogen and oxygen atoms in total. The van der Waals surface area contributed by atoms with Crippen LogP contribution >= 0.6 is 0 Å². The van der Waals surface area contributed by atoms with Crippen LogP contribution in [-0.4, -0.2) is 59.9 Å². The van der Waals surface area contributed by atoms with E-state index in [1.807, 2.05) is 41.3 Å². The van der Waals surface area contributed by atoms with E-state index >= 15 is 0 Å². The van der Waals surface area contributed by atoms with Gasteiger partial charge in [0.25, 0.3) is 0 Å². The number of methoxy groups -OCH3 is 1. The summed E-state index contributed by atoms with van der Waals surface area (Å²) in [6.45, 7) is 1.89. The molecule has 0 bridgehead atoms. The summed E-state index contributed by atoms with van der Waals surface area (Å²) < 4.78 is 14.4. The van der Waals surface area contributed by atoms with E-state index in [1.54, 1.807) is 24.0 Å². The molecule has 0 saturated carbocycles. The maximum Gasteiger partial charge on any atom is 0.178 e. The van der Waals surface area contributed by atoms with E-state index in [1.165, 1.54) is 0 Å². The second kappa shape index (κ2) is 8.10. The van der Waals surface area contributed by atoms with Gasteiger partial charge in [-0.1, -0.05) is 0 Å². The van der Waals surface area contributed by atoms with E-state index in [4.69, 9.17) is 14.6 Å². The Balaban J connectivity index is 1.27. The van der Waals surface area contributed by atoms with Gasteiger partial charge in [-0.05, 0) is 24.6 Å². The number of aromatic nitrogens is 8. The van der Waals surface area contributed by atoms with Crippen molar-refractivity contribution in [3.63, 3.8) is 0 Å². The minimum absolute atomic E-state index is 0.279. The van der Waals surface area contributed by atoms with Crippen molar-refractivity contribution in [2.24, 2.45) is 0 Å². The molecule has 0 aromatic carbocycles. The van der Waals surface area contributed by atoms with E-state index in [9.17, 15) is 0 Å². The largest absolute Gasteiger partial charge is 0.495 e. The van der Waals surface area contributed by atoms with Gasteiger partial charge in [0.2, 0.25) is 0 Å². The highest BCUT2D eigenvalue weighted by molar-refractivity contribution is 5.87. The van der Waals surface area contributed by atoms with Crippen molar-refractivity contribution >= 4 is 22.4 Å². The van der Waals surface area contributed by atoms with Crippen LogP contribution in [0.15, 0.2) is 49.1 Å². The van der Waals surface area contributed by atoms with Crippen LogP contribution in [0.2, 0.25) is 0 Å². The summed E-state index contributed by atoms with van der Waals surface area (Å²) in [6, 6.07) is 7.85. The minimum atomic E-state index is 0.279. The van der Waals surface area contributed by atoms with Gasteiger partial charge in [-0.15, -0.1) is 10.2 Å². The summed E-state index contributed by atoms with van der Waals surface area (Å²) in [6.07, 6.45) is 8.22. The first kappa shape index (κ1) is 19.6. The molecule has 11 heteroatoms. The van der Waals surface area contributed by atoms with Gasteiger partial charge in [0.15, 0.2) is 11.5 Å². The van der Waals surface area contributed by atoms with Crippen LogP contribution in [0.1, 0.15) is 18.3 Å². The van der Waals surface area contributed by atoms with Gasteiger partial charge in [0.05, 0.1) is 55.6 Å². The van der Waals surface area contributed by atoms with Crippen molar-refractivity contribution in [2.45, 2.75) is 19.0 Å². The van der Waals surface area contributed by atoms with Crippen LogP contribution in [0.5, 0.6) is 5.75 Å². The second-order valence-corrected chi connectivity index (χ2v) is 7.79. The Kier molecular flexibility index (Phi) is 4.80. The molecule has 166 valence electrons. The molecule has 0 radical (unpaired) electrons. The zero-order chi connectivity index (χ0) is 22.2. The van der Waals surface area contributed by atoms with Gasteiger partial charge in [-0.2, -0.15) is 14.7 Å². The standard InChI is InChI=1S/C22H21N9O2/c1-32-16-8-19-22(25-10-16)18(4-6-23-19)24-11-21-28-27-20-3-2-17(29-31(20)21)14-9-26-30(12-14)15-5-7-33-13-15/h2-4,6,8-10,12,15H,5,7,11,13H2,1H3,(H,23,24). The number of anilines is 1. The van der Waals surface area contributed by atoms with Crippen LogP contribution < -0.4 is 10.1 Å². The molecule has 6 heterocycles. The van der Waals surface area contributed by atoms with Gasteiger partial charge in [0, 0.05) is 30.6 Å². The van der Waals surface area contributed by atoms with Gasteiger partial charge >= 0.3 is 0 Å². The smallest absolute Gasteiger partial charge is 0.178 e. The van der Waals surface area contributed by atoms with E-state index in [0.29, 0.717) is 30.4 Å². The first-order valence-electron chi connectivity index (χ1n) is 10.6. The van der Waals surface area contributed by atoms with Crippen LogP contribution in [0, 0.1) is 0 Å². The highest BCUT2D eigenvalue weighted by atomic mass is 16.5. The number of ether oxygens (including phenoxy) is 2.